The molecule has 1 aromatic carbocycles. The largest absolute Gasteiger partial charge is 0.464 e. The second-order valence-corrected chi connectivity index (χ2v) is 4.90. The number of pyridine rings is 1. The Morgan fingerprint density at radius 1 is 1.23 bits per heavy atom. The number of esters is 1. The predicted molar refractivity (Wildman–Crippen MR) is 82.4 cm³/mol. The van der Waals surface area contributed by atoms with Gasteiger partial charge in [-0.3, -0.25) is 0 Å². The number of nitrogens with one attached hydrogen (secondary N) is 1. The van der Waals surface area contributed by atoms with Crippen molar-refractivity contribution >= 4 is 16.9 Å². The van der Waals surface area contributed by atoms with Gasteiger partial charge in [-0.05, 0) is 11.6 Å². The van der Waals surface area contributed by atoms with Crippen molar-refractivity contribution in [2.75, 3.05) is 7.11 Å². The first-order valence-corrected chi connectivity index (χ1v) is 6.94. The lowest BCUT2D eigenvalue weighted by molar-refractivity contribution is 0.0594. The fraction of sp³-hybridized carbons (Fsp3) is 0.176. The number of rotatable bonds is 5. The number of methoxy groups -OCH3 is 1. The van der Waals surface area contributed by atoms with Gasteiger partial charge in [-0.1, -0.05) is 30.3 Å². The Morgan fingerprint density at radius 3 is 2.82 bits per heavy atom. The molecule has 0 spiro atoms. The zero-order valence-corrected chi connectivity index (χ0v) is 12.2. The van der Waals surface area contributed by atoms with E-state index in [4.69, 9.17) is 9.47 Å². The van der Waals surface area contributed by atoms with Crippen LogP contribution in [-0.2, 0) is 22.7 Å². The van der Waals surface area contributed by atoms with E-state index in [2.05, 4.69) is 9.97 Å². The first kappa shape index (κ1) is 14.3. The van der Waals surface area contributed by atoms with E-state index in [0.717, 1.165) is 22.0 Å². The maximum atomic E-state index is 11.6. The molecule has 0 aliphatic carbocycles. The maximum absolute atomic E-state index is 11.6. The summed E-state index contributed by atoms with van der Waals surface area (Å²) < 4.78 is 10.4. The minimum atomic E-state index is -0.445. The quantitative estimate of drug-likeness (QED) is 0.735. The zero-order valence-electron chi connectivity index (χ0n) is 12.2. The molecule has 0 amide bonds. The highest BCUT2D eigenvalue weighted by molar-refractivity contribution is 5.93. The molecular formula is C17H16N2O3. The highest BCUT2D eigenvalue weighted by atomic mass is 16.5. The molecule has 2 heterocycles. The zero-order chi connectivity index (χ0) is 15.4. The summed E-state index contributed by atoms with van der Waals surface area (Å²) in [4.78, 5) is 18.8. The van der Waals surface area contributed by atoms with Crippen molar-refractivity contribution in [2.24, 2.45) is 0 Å². The number of carbonyl (C=O) groups is 1. The Morgan fingerprint density at radius 2 is 2.05 bits per heavy atom. The Kier molecular flexibility index (Phi) is 4.16. The van der Waals surface area contributed by atoms with Crippen LogP contribution >= 0.6 is 0 Å². The molecule has 0 saturated heterocycles. The minimum absolute atomic E-state index is 0.291. The smallest absolute Gasteiger partial charge is 0.356 e. The molecule has 0 unspecified atom stereocenters. The van der Waals surface area contributed by atoms with Gasteiger partial charge in [0.2, 0.25) is 0 Å². The van der Waals surface area contributed by atoms with Crippen molar-refractivity contribution in [2.45, 2.75) is 13.2 Å². The molecule has 0 aliphatic heterocycles. The first-order valence-electron chi connectivity index (χ1n) is 6.94. The van der Waals surface area contributed by atoms with Gasteiger partial charge in [-0.15, -0.1) is 0 Å². The molecule has 5 nitrogen and oxygen atoms in total. The van der Waals surface area contributed by atoms with Crippen molar-refractivity contribution in [3.63, 3.8) is 0 Å². The number of nitrogens with zero attached hydrogens (tertiary/aromatic N) is 1. The van der Waals surface area contributed by atoms with Crippen LogP contribution in [0.1, 0.15) is 21.6 Å². The Balaban J connectivity index is 1.74. The first-order chi connectivity index (χ1) is 10.8. The van der Waals surface area contributed by atoms with Gasteiger partial charge >= 0.3 is 5.97 Å². The van der Waals surface area contributed by atoms with Crippen LogP contribution in [0.5, 0.6) is 0 Å². The summed E-state index contributed by atoms with van der Waals surface area (Å²) in [6.45, 7) is 1.00. The lowest BCUT2D eigenvalue weighted by Gasteiger charge is -2.04. The number of ether oxygens (including phenoxy) is 2. The maximum Gasteiger partial charge on any atom is 0.356 e. The Hall–Kier alpha value is -2.66. The fourth-order valence-electron chi connectivity index (χ4n) is 2.27. The molecule has 5 heteroatoms. The highest BCUT2D eigenvalue weighted by Crippen LogP contribution is 2.20. The van der Waals surface area contributed by atoms with Crippen molar-refractivity contribution in [3.8, 4) is 0 Å². The average molecular weight is 296 g/mol. The fourth-order valence-corrected chi connectivity index (χ4v) is 2.27. The molecule has 0 radical (unpaired) electrons. The summed E-state index contributed by atoms with van der Waals surface area (Å²) in [5.74, 6) is -0.445. The van der Waals surface area contributed by atoms with Gasteiger partial charge in [-0.25, -0.2) is 9.78 Å². The molecule has 2 aromatic heterocycles. The normalized spacial score (nSPS) is 10.8. The molecule has 3 rings (SSSR count). The third kappa shape index (κ3) is 2.99. The molecule has 0 bridgehead atoms. The second kappa shape index (κ2) is 6.41. The van der Waals surface area contributed by atoms with Gasteiger partial charge in [0, 0.05) is 17.1 Å². The lowest BCUT2D eigenvalue weighted by atomic mass is 10.2. The molecule has 0 fully saturated rings. The van der Waals surface area contributed by atoms with Crippen molar-refractivity contribution < 1.29 is 14.3 Å². The topological polar surface area (TPSA) is 64.2 Å². The van der Waals surface area contributed by atoms with Crippen LogP contribution < -0.4 is 0 Å². The van der Waals surface area contributed by atoms with Crippen molar-refractivity contribution in [1.82, 2.24) is 9.97 Å². The number of hydrogen-bond acceptors (Lipinski definition) is 4. The number of carbonyl (C=O) groups excluding carboxylic acids is 1. The van der Waals surface area contributed by atoms with E-state index in [1.807, 2.05) is 36.5 Å². The van der Waals surface area contributed by atoms with E-state index < -0.39 is 5.97 Å². The Labute approximate surface area is 127 Å². The summed E-state index contributed by atoms with van der Waals surface area (Å²) >= 11 is 0. The van der Waals surface area contributed by atoms with Gasteiger partial charge in [0.25, 0.3) is 0 Å². The van der Waals surface area contributed by atoms with Crippen LogP contribution in [0.3, 0.4) is 0 Å². The Bertz CT molecular complexity index is 781. The molecule has 22 heavy (non-hydrogen) atoms. The van der Waals surface area contributed by atoms with Crippen LogP contribution in [0.25, 0.3) is 10.9 Å². The third-order valence-corrected chi connectivity index (χ3v) is 3.42. The van der Waals surface area contributed by atoms with Gasteiger partial charge in [0.1, 0.15) is 5.69 Å². The molecule has 112 valence electrons. The standard InChI is InChI=1S/C17H16N2O3/c1-21-17(20)15-7-14-13(8-18-16(14)9-19-15)11-22-10-12-5-3-2-4-6-12/h2-9,18H,10-11H2,1H3. The molecular weight excluding hydrogens is 280 g/mol. The van der Waals surface area contributed by atoms with Crippen LogP contribution in [0, 0.1) is 0 Å². The van der Waals surface area contributed by atoms with Crippen LogP contribution in [0.15, 0.2) is 48.8 Å². The minimum Gasteiger partial charge on any atom is -0.464 e. The van der Waals surface area contributed by atoms with Gasteiger partial charge in [-0.2, -0.15) is 0 Å². The number of aromatic amines is 1. The van der Waals surface area contributed by atoms with Crippen molar-refractivity contribution in [3.05, 3.63) is 65.6 Å². The van der Waals surface area contributed by atoms with E-state index in [0.29, 0.717) is 18.9 Å². The van der Waals surface area contributed by atoms with E-state index >= 15 is 0 Å². The van der Waals surface area contributed by atoms with Crippen LogP contribution in [0.2, 0.25) is 0 Å². The monoisotopic (exact) mass is 296 g/mol. The van der Waals surface area contributed by atoms with Crippen LogP contribution in [0.4, 0.5) is 0 Å². The summed E-state index contributed by atoms with van der Waals surface area (Å²) in [7, 11) is 1.34. The summed E-state index contributed by atoms with van der Waals surface area (Å²) in [6, 6.07) is 11.7. The number of aromatic nitrogens is 2. The van der Waals surface area contributed by atoms with E-state index in [-0.39, 0.29) is 0 Å². The average Bonchev–Trinajstić information content (AvgIpc) is 2.97. The van der Waals surface area contributed by atoms with Gasteiger partial charge in [0.15, 0.2) is 0 Å². The summed E-state index contributed by atoms with van der Waals surface area (Å²) in [5.41, 5.74) is 3.27. The molecule has 0 aliphatic rings. The molecule has 3 aromatic rings. The highest BCUT2D eigenvalue weighted by Gasteiger charge is 2.11. The van der Waals surface area contributed by atoms with Gasteiger partial charge < -0.3 is 14.5 Å². The lowest BCUT2D eigenvalue weighted by Crippen LogP contribution is -2.03. The molecule has 0 saturated carbocycles. The number of hydrogen-bond donors (Lipinski definition) is 1. The van der Waals surface area contributed by atoms with Gasteiger partial charge in [0.05, 0.1) is 32.0 Å². The van der Waals surface area contributed by atoms with Crippen LogP contribution in [-0.4, -0.2) is 23.0 Å². The summed E-state index contributed by atoms with van der Waals surface area (Å²) in [6.07, 6.45) is 3.50. The van der Waals surface area contributed by atoms with E-state index in [1.165, 1.54) is 7.11 Å². The second-order valence-electron chi connectivity index (χ2n) is 4.90. The number of benzene rings is 1. The third-order valence-electron chi connectivity index (χ3n) is 3.42. The van der Waals surface area contributed by atoms with Crippen molar-refractivity contribution in [1.29, 1.82) is 0 Å². The molecule has 0 atom stereocenters. The number of H-pyrrole nitrogens is 1. The number of fused-ring (bicyclic) bond motifs is 1. The SMILES string of the molecule is COC(=O)c1cc2c(COCc3ccccc3)c[nH]c2cn1. The van der Waals surface area contributed by atoms with E-state index in [9.17, 15) is 4.79 Å². The predicted octanol–water partition coefficient (Wildman–Crippen LogP) is 3.07. The summed E-state index contributed by atoms with van der Waals surface area (Å²) in [5, 5.41) is 0.920. The van der Waals surface area contributed by atoms with E-state index in [1.54, 1.807) is 12.3 Å². The molecule has 1 N–H and O–H groups in total.